The first-order valence-electron chi connectivity index (χ1n) is 14.7. The number of rotatable bonds is 8. The smallest absolute Gasteiger partial charge is 0.386 e. The van der Waals surface area contributed by atoms with Crippen molar-refractivity contribution in [3.63, 3.8) is 0 Å². The minimum atomic E-state index is -4.85. The van der Waals surface area contributed by atoms with Crippen molar-refractivity contribution in [1.82, 2.24) is 10.3 Å². The summed E-state index contributed by atoms with van der Waals surface area (Å²) in [6.07, 6.45) is -0.541. The molecule has 5 rings (SSSR count). The van der Waals surface area contributed by atoms with Crippen molar-refractivity contribution in [2.45, 2.75) is 51.1 Å². The van der Waals surface area contributed by atoms with E-state index >= 15 is 0 Å². The van der Waals surface area contributed by atoms with Gasteiger partial charge in [-0.2, -0.15) is 13.2 Å². The van der Waals surface area contributed by atoms with Gasteiger partial charge in [-0.3, -0.25) is 20.0 Å². The molecule has 1 aliphatic carbocycles. The molecule has 0 radical (unpaired) electrons. The van der Waals surface area contributed by atoms with Gasteiger partial charge in [0.2, 0.25) is 5.91 Å². The van der Waals surface area contributed by atoms with Crippen LogP contribution in [0.1, 0.15) is 65.2 Å². The fourth-order valence-electron chi connectivity index (χ4n) is 5.95. The molecule has 1 fully saturated rings. The maximum absolute atomic E-state index is 13.5. The summed E-state index contributed by atoms with van der Waals surface area (Å²) >= 11 is 0. The van der Waals surface area contributed by atoms with E-state index in [1.807, 2.05) is 24.3 Å². The van der Waals surface area contributed by atoms with Crippen LogP contribution in [0.15, 0.2) is 66.7 Å². The van der Waals surface area contributed by atoms with Crippen LogP contribution in [0.3, 0.4) is 0 Å². The van der Waals surface area contributed by atoms with Gasteiger partial charge in [-0.1, -0.05) is 36.4 Å². The third kappa shape index (κ3) is 7.65. The molecule has 1 aliphatic rings. The number of aromatic nitrogens is 1. The van der Waals surface area contributed by atoms with Crippen molar-refractivity contribution in [1.29, 1.82) is 5.41 Å². The molecule has 0 aliphatic heterocycles. The Morgan fingerprint density at radius 1 is 0.956 bits per heavy atom. The number of nitrogens with zero attached hydrogens (tertiary/aromatic N) is 1. The molecule has 0 saturated heterocycles. The van der Waals surface area contributed by atoms with Crippen LogP contribution in [0.4, 0.5) is 23.2 Å². The second-order valence-electron chi connectivity index (χ2n) is 11.5. The van der Waals surface area contributed by atoms with Crippen molar-refractivity contribution in [2.75, 3.05) is 11.9 Å². The Kier molecular flexibility index (Phi) is 9.17. The number of pyridine rings is 1. The lowest BCUT2D eigenvalue weighted by molar-refractivity contribution is -0.137. The number of alkyl halides is 3. The van der Waals surface area contributed by atoms with E-state index in [2.05, 4.69) is 27.8 Å². The third-order valence-corrected chi connectivity index (χ3v) is 8.23. The molecule has 1 saturated carbocycles. The number of amides is 2. The average Bonchev–Trinajstić information content (AvgIpc) is 3.00. The fourth-order valence-corrected chi connectivity index (χ4v) is 5.95. The largest absolute Gasteiger partial charge is 0.418 e. The van der Waals surface area contributed by atoms with E-state index in [1.54, 1.807) is 13.0 Å². The summed E-state index contributed by atoms with van der Waals surface area (Å²) in [7, 11) is 0. The van der Waals surface area contributed by atoms with E-state index in [9.17, 15) is 27.2 Å². The normalized spacial score (nSPS) is 16.7. The van der Waals surface area contributed by atoms with E-state index in [-0.39, 0.29) is 23.9 Å². The minimum Gasteiger partial charge on any atom is -0.386 e. The predicted octanol–water partition coefficient (Wildman–Crippen LogP) is 7.34. The summed E-state index contributed by atoms with van der Waals surface area (Å²) in [4.78, 5) is 29.8. The molecular formula is C34H33F4N5O2. The summed E-state index contributed by atoms with van der Waals surface area (Å²) < 4.78 is 54.0. The van der Waals surface area contributed by atoms with Crippen LogP contribution in [0.2, 0.25) is 0 Å². The topological polar surface area (TPSA) is 121 Å². The molecule has 45 heavy (non-hydrogen) atoms. The lowest BCUT2D eigenvalue weighted by atomic mass is 9.77. The minimum absolute atomic E-state index is 0.0628. The number of halogens is 4. The Morgan fingerprint density at radius 2 is 1.64 bits per heavy atom. The molecular weight excluding hydrogens is 586 g/mol. The summed E-state index contributed by atoms with van der Waals surface area (Å²) in [5.74, 6) is -1.23. The van der Waals surface area contributed by atoms with Crippen molar-refractivity contribution in [3.8, 4) is 11.1 Å². The summed E-state index contributed by atoms with van der Waals surface area (Å²) in [5, 5.41) is 12.7. The van der Waals surface area contributed by atoms with E-state index in [0.29, 0.717) is 40.9 Å². The number of benzene rings is 3. The van der Waals surface area contributed by atoms with Gasteiger partial charge in [0.1, 0.15) is 11.7 Å². The number of carbonyl (C=O) groups excluding carboxylic acids is 2. The van der Waals surface area contributed by atoms with E-state index in [1.165, 1.54) is 11.6 Å². The first kappa shape index (κ1) is 31.6. The van der Waals surface area contributed by atoms with Gasteiger partial charge in [-0.05, 0) is 91.5 Å². The summed E-state index contributed by atoms with van der Waals surface area (Å²) in [6.45, 7) is 1.78. The van der Waals surface area contributed by atoms with Gasteiger partial charge >= 0.3 is 6.18 Å². The highest BCUT2D eigenvalue weighted by Gasteiger charge is 2.34. The summed E-state index contributed by atoms with van der Waals surface area (Å²) in [5.41, 5.74) is 7.75. The van der Waals surface area contributed by atoms with Crippen LogP contribution in [0.5, 0.6) is 0 Å². The Labute approximate surface area is 257 Å². The van der Waals surface area contributed by atoms with E-state index in [4.69, 9.17) is 11.1 Å². The molecule has 4 aromatic rings. The number of amidine groups is 1. The van der Waals surface area contributed by atoms with E-state index in [0.717, 1.165) is 48.9 Å². The van der Waals surface area contributed by atoms with Crippen molar-refractivity contribution < 1.29 is 27.2 Å². The van der Waals surface area contributed by atoms with Crippen LogP contribution in [-0.4, -0.2) is 29.2 Å². The lowest BCUT2D eigenvalue weighted by Crippen LogP contribution is -2.34. The Morgan fingerprint density at radius 3 is 2.31 bits per heavy atom. The number of hydrogen-bond donors (Lipinski definition) is 4. The SMILES string of the molecule is Cc1cc(C(=O)Nc2ccc(F)cc2C(F)(F)F)c2ccc(-c3ccc(C4CCC(CC(=O)NCC(=N)N)CC4)cc3)cc2n1. The average molecular weight is 620 g/mol. The molecule has 1 aromatic heterocycles. The van der Waals surface area contributed by atoms with Gasteiger partial charge in [0, 0.05) is 17.5 Å². The molecule has 11 heteroatoms. The van der Waals surface area contributed by atoms with Gasteiger partial charge in [0.25, 0.3) is 5.91 Å². The van der Waals surface area contributed by atoms with Crippen LogP contribution in [-0.2, 0) is 11.0 Å². The Balaban J connectivity index is 1.29. The van der Waals surface area contributed by atoms with Crippen LogP contribution < -0.4 is 16.4 Å². The first-order chi connectivity index (χ1) is 21.4. The second kappa shape index (κ2) is 13.1. The van der Waals surface area contributed by atoms with Gasteiger partial charge in [0.05, 0.1) is 28.9 Å². The molecule has 0 spiro atoms. The predicted molar refractivity (Wildman–Crippen MR) is 166 cm³/mol. The van der Waals surface area contributed by atoms with Crippen LogP contribution >= 0.6 is 0 Å². The Bertz CT molecular complexity index is 1750. The van der Waals surface area contributed by atoms with Gasteiger partial charge in [-0.15, -0.1) is 0 Å². The molecule has 0 unspecified atom stereocenters. The summed E-state index contributed by atoms with van der Waals surface area (Å²) in [6, 6.07) is 17.3. The zero-order valence-corrected chi connectivity index (χ0v) is 24.6. The van der Waals surface area contributed by atoms with Gasteiger partial charge < -0.3 is 16.4 Å². The fraction of sp³-hybridized carbons (Fsp3) is 0.294. The van der Waals surface area contributed by atoms with Crippen molar-refractivity contribution >= 4 is 34.2 Å². The highest BCUT2D eigenvalue weighted by Crippen LogP contribution is 2.38. The van der Waals surface area contributed by atoms with Crippen LogP contribution in [0, 0.1) is 24.1 Å². The number of aryl methyl sites for hydroxylation is 1. The Hall–Kier alpha value is -4.80. The molecule has 5 N–H and O–H groups in total. The third-order valence-electron chi connectivity index (χ3n) is 8.23. The maximum Gasteiger partial charge on any atom is 0.418 e. The number of nitrogens with one attached hydrogen (secondary N) is 3. The molecule has 0 atom stereocenters. The molecule has 2 amide bonds. The lowest BCUT2D eigenvalue weighted by Gasteiger charge is -2.28. The first-order valence-corrected chi connectivity index (χ1v) is 14.7. The molecule has 234 valence electrons. The monoisotopic (exact) mass is 619 g/mol. The highest BCUT2D eigenvalue weighted by molar-refractivity contribution is 6.13. The molecule has 7 nitrogen and oxygen atoms in total. The quantitative estimate of drug-likeness (QED) is 0.0937. The zero-order chi connectivity index (χ0) is 32.3. The second-order valence-corrected chi connectivity index (χ2v) is 11.5. The molecule has 1 heterocycles. The number of nitrogens with two attached hydrogens (primary N) is 1. The highest BCUT2D eigenvalue weighted by atomic mass is 19.4. The molecule has 0 bridgehead atoms. The van der Waals surface area contributed by atoms with Gasteiger partial charge in [0.15, 0.2) is 0 Å². The molecule has 3 aromatic carbocycles. The maximum atomic E-state index is 13.5. The number of hydrogen-bond acceptors (Lipinski definition) is 4. The number of anilines is 1. The standard InChI is InChI=1S/C34H33F4N5O2/c1-19-14-27(33(45)43-29-13-11-25(35)17-28(29)34(36,37)38)26-12-10-24(16-30(26)42-19)23-8-6-22(7-9-23)21-4-2-20(3-5-21)15-32(44)41-18-31(39)40/h6-14,16-17,20-21H,2-5,15,18H2,1H3,(H3,39,40)(H,41,44)(H,43,45). The van der Waals surface area contributed by atoms with Crippen molar-refractivity contribution in [2.24, 2.45) is 11.7 Å². The zero-order valence-electron chi connectivity index (χ0n) is 24.6. The van der Waals surface area contributed by atoms with Gasteiger partial charge in [-0.25, -0.2) is 4.39 Å². The van der Waals surface area contributed by atoms with E-state index < -0.39 is 29.2 Å². The van der Waals surface area contributed by atoms with Crippen molar-refractivity contribution in [3.05, 3.63) is 94.9 Å². The van der Waals surface area contributed by atoms with Crippen LogP contribution in [0.25, 0.3) is 22.0 Å². The number of fused-ring (bicyclic) bond motifs is 1. The number of carbonyl (C=O) groups is 2.